The van der Waals surface area contributed by atoms with Crippen molar-refractivity contribution < 1.29 is 17.9 Å². The van der Waals surface area contributed by atoms with E-state index in [2.05, 4.69) is 5.32 Å². The molecule has 2 rings (SSSR count). The third-order valence-electron chi connectivity index (χ3n) is 4.19. The second kappa shape index (κ2) is 9.53. The molecule has 0 heterocycles. The Morgan fingerprint density at radius 3 is 2.48 bits per heavy atom. The van der Waals surface area contributed by atoms with E-state index in [1.165, 1.54) is 7.11 Å². The Balaban J connectivity index is 2.04. The lowest BCUT2D eigenvalue weighted by Gasteiger charge is -2.21. The molecule has 2 aromatic carbocycles. The second-order valence-corrected chi connectivity index (χ2v) is 8.08. The number of likely N-dealkylation sites (N-methyl/N-ethyl adjacent to an activating group) is 1. The molecule has 0 unspecified atom stereocenters. The molecule has 0 bridgehead atoms. The summed E-state index contributed by atoms with van der Waals surface area (Å²) in [6.45, 7) is 3.92. The molecule has 27 heavy (non-hydrogen) atoms. The van der Waals surface area contributed by atoms with Gasteiger partial charge in [-0.1, -0.05) is 43.3 Å². The fraction of sp³-hybridized carbons (Fsp3) is 0.350. The molecular weight excluding hydrogens is 364 g/mol. The number of benzene rings is 2. The number of methoxy groups -OCH3 is 1. The zero-order valence-electron chi connectivity index (χ0n) is 15.9. The van der Waals surface area contributed by atoms with Crippen LogP contribution in [0, 0.1) is 6.92 Å². The van der Waals surface area contributed by atoms with Crippen LogP contribution < -0.4 is 10.1 Å². The molecule has 0 saturated heterocycles. The fourth-order valence-electron chi connectivity index (χ4n) is 2.70. The second-order valence-electron chi connectivity index (χ2n) is 6.17. The lowest BCUT2D eigenvalue weighted by atomic mass is 10.1. The van der Waals surface area contributed by atoms with Crippen LogP contribution in [-0.4, -0.2) is 45.4 Å². The van der Waals surface area contributed by atoms with Crippen LogP contribution >= 0.6 is 0 Å². The quantitative estimate of drug-likeness (QED) is 0.713. The molecule has 0 spiro atoms. The number of hydrogen-bond donors (Lipinski definition) is 1. The molecule has 0 aliphatic carbocycles. The molecule has 0 atom stereocenters. The van der Waals surface area contributed by atoms with Gasteiger partial charge in [0.2, 0.25) is 15.9 Å². The highest BCUT2D eigenvalue weighted by Crippen LogP contribution is 2.27. The van der Waals surface area contributed by atoms with Gasteiger partial charge in [-0.3, -0.25) is 4.79 Å². The molecular formula is C20H26N2O4S. The first kappa shape index (κ1) is 20.9. The Hall–Kier alpha value is -2.38. The summed E-state index contributed by atoms with van der Waals surface area (Å²) >= 11 is 0. The van der Waals surface area contributed by atoms with Gasteiger partial charge < -0.3 is 10.1 Å². The molecule has 1 amide bonds. The summed E-state index contributed by atoms with van der Waals surface area (Å²) in [7, 11) is -2.41. The van der Waals surface area contributed by atoms with Crippen molar-refractivity contribution in [2.24, 2.45) is 0 Å². The van der Waals surface area contributed by atoms with Crippen LogP contribution in [0.15, 0.2) is 53.4 Å². The van der Waals surface area contributed by atoms with Gasteiger partial charge in [0.05, 0.1) is 13.7 Å². The smallest absolute Gasteiger partial charge is 0.247 e. The number of amides is 1. The highest BCUT2D eigenvalue weighted by atomic mass is 32.2. The number of sulfonamides is 1. The molecule has 0 aliphatic rings. The SMILES string of the molecule is CCN(CC(=O)NCCc1ccccc1)S(=O)(=O)c1cc(C)ccc1OC. The van der Waals surface area contributed by atoms with Crippen molar-refractivity contribution >= 4 is 15.9 Å². The number of aryl methyl sites for hydroxylation is 1. The van der Waals surface area contributed by atoms with Crippen LogP contribution in [0.4, 0.5) is 0 Å². The highest BCUT2D eigenvalue weighted by molar-refractivity contribution is 7.89. The van der Waals surface area contributed by atoms with Crippen molar-refractivity contribution in [2.75, 3.05) is 26.7 Å². The zero-order chi connectivity index (χ0) is 19.9. The molecule has 2 aromatic rings. The lowest BCUT2D eigenvalue weighted by Crippen LogP contribution is -2.41. The largest absolute Gasteiger partial charge is 0.495 e. The number of carbonyl (C=O) groups is 1. The number of ether oxygens (including phenoxy) is 1. The standard InChI is InChI=1S/C20H26N2O4S/c1-4-22(15-20(23)21-13-12-17-8-6-5-7-9-17)27(24,25)19-14-16(2)10-11-18(19)26-3/h5-11,14H,4,12-13,15H2,1-3H3,(H,21,23). The first-order valence-electron chi connectivity index (χ1n) is 8.84. The summed E-state index contributed by atoms with van der Waals surface area (Å²) in [5, 5.41) is 2.78. The Morgan fingerprint density at radius 1 is 1.15 bits per heavy atom. The van der Waals surface area contributed by atoms with E-state index in [0.717, 1.165) is 15.4 Å². The van der Waals surface area contributed by atoms with Gasteiger partial charge in [-0.2, -0.15) is 4.31 Å². The average molecular weight is 391 g/mol. The summed E-state index contributed by atoms with van der Waals surface area (Å²) < 4.78 is 32.3. The van der Waals surface area contributed by atoms with Gasteiger partial charge in [0, 0.05) is 13.1 Å². The van der Waals surface area contributed by atoms with Crippen LogP contribution in [-0.2, 0) is 21.2 Å². The van der Waals surface area contributed by atoms with Crippen molar-refractivity contribution in [3.05, 3.63) is 59.7 Å². The Morgan fingerprint density at radius 2 is 1.85 bits per heavy atom. The highest BCUT2D eigenvalue weighted by Gasteiger charge is 2.28. The van der Waals surface area contributed by atoms with Crippen LogP contribution in [0.25, 0.3) is 0 Å². The Bertz CT molecular complexity index is 867. The normalized spacial score (nSPS) is 11.4. The van der Waals surface area contributed by atoms with E-state index in [1.54, 1.807) is 25.1 Å². The van der Waals surface area contributed by atoms with Gasteiger partial charge in [0.15, 0.2) is 0 Å². The summed E-state index contributed by atoms with van der Waals surface area (Å²) in [5.74, 6) is -0.0634. The number of carbonyl (C=O) groups excluding carboxylic acids is 1. The van der Waals surface area contributed by atoms with Gasteiger partial charge in [-0.05, 0) is 36.6 Å². The molecule has 0 aliphatic heterocycles. The zero-order valence-corrected chi connectivity index (χ0v) is 16.8. The first-order chi connectivity index (χ1) is 12.9. The molecule has 1 N–H and O–H groups in total. The maximum absolute atomic E-state index is 13.0. The third-order valence-corrected chi connectivity index (χ3v) is 6.13. The van der Waals surface area contributed by atoms with Crippen LogP contribution in [0.3, 0.4) is 0 Å². The van der Waals surface area contributed by atoms with Crippen molar-refractivity contribution in [1.82, 2.24) is 9.62 Å². The predicted octanol–water partition coefficient (Wildman–Crippen LogP) is 2.37. The third kappa shape index (κ3) is 5.55. The molecule has 0 saturated carbocycles. The summed E-state index contributed by atoms with van der Waals surface area (Å²) in [6.07, 6.45) is 0.692. The van der Waals surface area contributed by atoms with E-state index < -0.39 is 10.0 Å². The maximum atomic E-state index is 13.0. The average Bonchev–Trinajstić information content (AvgIpc) is 2.66. The number of nitrogens with one attached hydrogen (secondary N) is 1. The van der Waals surface area contributed by atoms with Gasteiger partial charge in [0.25, 0.3) is 0 Å². The van der Waals surface area contributed by atoms with Crippen molar-refractivity contribution in [2.45, 2.75) is 25.2 Å². The van der Waals surface area contributed by atoms with E-state index in [1.807, 2.05) is 37.3 Å². The minimum atomic E-state index is -3.84. The monoisotopic (exact) mass is 390 g/mol. The predicted molar refractivity (Wildman–Crippen MR) is 105 cm³/mol. The minimum absolute atomic E-state index is 0.0731. The van der Waals surface area contributed by atoms with E-state index in [9.17, 15) is 13.2 Å². The van der Waals surface area contributed by atoms with E-state index in [-0.39, 0.29) is 29.6 Å². The number of nitrogens with zero attached hydrogens (tertiary/aromatic N) is 1. The minimum Gasteiger partial charge on any atom is -0.495 e. The lowest BCUT2D eigenvalue weighted by molar-refractivity contribution is -0.121. The van der Waals surface area contributed by atoms with Gasteiger partial charge in [-0.15, -0.1) is 0 Å². The van der Waals surface area contributed by atoms with Crippen LogP contribution in [0.5, 0.6) is 5.75 Å². The van der Waals surface area contributed by atoms with Crippen LogP contribution in [0.1, 0.15) is 18.1 Å². The molecule has 146 valence electrons. The topological polar surface area (TPSA) is 75.7 Å². The number of rotatable bonds is 9. The van der Waals surface area contributed by atoms with E-state index >= 15 is 0 Å². The molecule has 0 aromatic heterocycles. The van der Waals surface area contributed by atoms with Crippen LogP contribution in [0.2, 0.25) is 0 Å². The van der Waals surface area contributed by atoms with Gasteiger partial charge in [0.1, 0.15) is 10.6 Å². The van der Waals surface area contributed by atoms with Crippen molar-refractivity contribution in [3.8, 4) is 5.75 Å². The Kier molecular flexibility index (Phi) is 7.38. The summed E-state index contributed by atoms with van der Waals surface area (Å²) in [4.78, 5) is 12.3. The first-order valence-corrected chi connectivity index (χ1v) is 10.3. The molecule has 6 nitrogen and oxygen atoms in total. The van der Waals surface area contributed by atoms with Gasteiger partial charge in [-0.25, -0.2) is 8.42 Å². The molecule has 0 fully saturated rings. The maximum Gasteiger partial charge on any atom is 0.247 e. The van der Waals surface area contributed by atoms with E-state index in [0.29, 0.717) is 13.0 Å². The van der Waals surface area contributed by atoms with E-state index in [4.69, 9.17) is 4.74 Å². The van der Waals surface area contributed by atoms with Crippen molar-refractivity contribution in [1.29, 1.82) is 0 Å². The van der Waals surface area contributed by atoms with Crippen molar-refractivity contribution in [3.63, 3.8) is 0 Å². The summed E-state index contributed by atoms with van der Waals surface area (Å²) in [6, 6.07) is 14.8. The summed E-state index contributed by atoms with van der Waals surface area (Å²) in [5.41, 5.74) is 1.92. The molecule has 7 heteroatoms. The Labute approximate surface area is 161 Å². The van der Waals surface area contributed by atoms with Gasteiger partial charge >= 0.3 is 0 Å². The number of hydrogen-bond acceptors (Lipinski definition) is 4. The fourth-order valence-corrected chi connectivity index (χ4v) is 4.34. The molecule has 0 radical (unpaired) electrons.